The Labute approximate surface area is 101 Å². The highest BCUT2D eigenvalue weighted by Gasteiger charge is 2.44. The van der Waals surface area contributed by atoms with Gasteiger partial charge in [-0.3, -0.25) is 9.59 Å². The van der Waals surface area contributed by atoms with Gasteiger partial charge in [0.05, 0.1) is 6.04 Å². The first kappa shape index (κ1) is 13.4. The lowest BCUT2D eigenvalue weighted by atomic mass is 9.84. The van der Waals surface area contributed by atoms with Gasteiger partial charge in [0.2, 0.25) is 5.60 Å². The number of carbonyl (C=O) groups is 2. The molecule has 92 valence electrons. The highest BCUT2D eigenvalue weighted by Crippen LogP contribution is 2.30. The lowest BCUT2D eigenvalue weighted by Gasteiger charge is -2.34. The lowest BCUT2D eigenvalue weighted by molar-refractivity contribution is -0.168. The number of esters is 1. The molecule has 0 radical (unpaired) electrons. The zero-order chi connectivity index (χ0) is 13.1. The minimum absolute atomic E-state index is 0.283. The molecule has 0 aliphatic rings. The molecule has 0 amide bonds. The molecule has 17 heavy (non-hydrogen) atoms. The number of benzene rings is 1. The zero-order valence-electron chi connectivity index (χ0n) is 10.3. The summed E-state index contributed by atoms with van der Waals surface area (Å²) in [5, 5.41) is 0. The van der Waals surface area contributed by atoms with Gasteiger partial charge in [0, 0.05) is 12.5 Å². The molecule has 0 aromatic heterocycles. The van der Waals surface area contributed by atoms with Crippen molar-refractivity contribution in [1.29, 1.82) is 0 Å². The fourth-order valence-electron chi connectivity index (χ4n) is 1.92. The van der Waals surface area contributed by atoms with E-state index in [1.165, 1.54) is 13.8 Å². The van der Waals surface area contributed by atoms with Crippen LogP contribution in [0.1, 0.15) is 26.3 Å². The maximum absolute atomic E-state index is 11.9. The number of carbonyl (C=O) groups excluding carboxylic acids is 2. The summed E-state index contributed by atoms with van der Waals surface area (Å²) in [4.78, 5) is 23.1. The summed E-state index contributed by atoms with van der Waals surface area (Å²) in [6.45, 7) is 4.29. The number of nitrogens with two attached hydrogens (primary N) is 1. The van der Waals surface area contributed by atoms with E-state index in [-0.39, 0.29) is 5.78 Å². The minimum atomic E-state index is -1.40. The Morgan fingerprint density at radius 3 is 2.12 bits per heavy atom. The van der Waals surface area contributed by atoms with Gasteiger partial charge in [0.15, 0.2) is 5.78 Å². The number of rotatable bonds is 4. The lowest BCUT2D eigenvalue weighted by Crippen LogP contribution is -2.51. The summed E-state index contributed by atoms with van der Waals surface area (Å²) < 4.78 is 5.23. The predicted octanol–water partition coefficient (Wildman–Crippen LogP) is 1.38. The SMILES string of the molecule is CC(=O)OC(C(C)=O)(c1ccccc1)C(C)N. The van der Waals surface area contributed by atoms with E-state index in [0.29, 0.717) is 5.56 Å². The molecular formula is C13H17NO3. The first-order valence-corrected chi connectivity index (χ1v) is 5.43. The third kappa shape index (κ3) is 2.53. The normalized spacial score (nSPS) is 15.8. The van der Waals surface area contributed by atoms with E-state index >= 15 is 0 Å². The van der Waals surface area contributed by atoms with Crippen LogP contribution < -0.4 is 5.73 Å². The van der Waals surface area contributed by atoms with E-state index in [1.54, 1.807) is 31.2 Å². The van der Waals surface area contributed by atoms with Crippen LogP contribution in [0, 0.1) is 0 Å². The number of hydrogen-bond acceptors (Lipinski definition) is 4. The zero-order valence-corrected chi connectivity index (χ0v) is 10.3. The van der Waals surface area contributed by atoms with Crippen molar-refractivity contribution in [1.82, 2.24) is 0 Å². The van der Waals surface area contributed by atoms with Crippen molar-refractivity contribution in [3.05, 3.63) is 35.9 Å². The molecule has 4 heteroatoms. The molecule has 0 saturated carbocycles. The van der Waals surface area contributed by atoms with Crippen molar-refractivity contribution >= 4 is 11.8 Å². The molecule has 0 bridgehead atoms. The largest absolute Gasteiger partial charge is 0.445 e. The summed E-state index contributed by atoms with van der Waals surface area (Å²) in [6, 6.07) is 8.22. The summed E-state index contributed by atoms with van der Waals surface area (Å²) >= 11 is 0. The molecular weight excluding hydrogens is 218 g/mol. The average Bonchev–Trinajstić information content (AvgIpc) is 2.25. The monoisotopic (exact) mass is 235 g/mol. The van der Waals surface area contributed by atoms with Gasteiger partial charge in [-0.05, 0) is 13.8 Å². The standard InChI is InChI=1S/C13H17NO3/c1-9(14)13(10(2)15,17-11(3)16)12-7-5-4-6-8-12/h4-9H,14H2,1-3H3. The van der Waals surface area contributed by atoms with Gasteiger partial charge < -0.3 is 10.5 Å². The molecule has 0 aliphatic carbocycles. The Morgan fingerprint density at radius 2 is 1.76 bits per heavy atom. The summed E-state index contributed by atoms with van der Waals surface area (Å²) in [6.07, 6.45) is 0. The molecule has 2 atom stereocenters. The summed E-state index contributed by atoms with van der Waals surface area (Å²) in [5.41, 5.74) is 5.05. The third-order valence-electron chi connectivity index (χ3n) is 2.67. The van der Waals surface area contributed by atoms with Gasteiger partial charge in [-0.25, -0.2) is 0 Å². The Balaban J connectivity index is 3.35. The van der Waals surface area contributed by atoms with Crippen LogP contribution in [0.25, 0.3) is 0 Å². The maximum Gasteiger partial charge on any atom is 0.304 e. The van der Waals surface area contributed by atoms with E-state index < -0.39 is 17.6 Å². The van der Waals surface area contributed by atoms with Crippen molar-refractivity contribution in [3.63, 3.8) is 0 Å². The Bertz CT molecular complexity index is 414. The Morgan fingerprint density at radius 1 is 1.24 bits per heavy atom. The fourth-order valence-corrected chi connectivity index (χ4v) is 1.92. The average molecular weight is 235 g/mol. The van der Waals surface area contributed by atoms with Crippen molar-refractivity contribution in [3.8, 4) is 0 Å². The second-order valence-electron chi connectivity index (χ2n) is 4.04. The summed E-state index contributed by atoms with van der Waals surface area (Å²) in [5.74, 6) is -0.810. The molecule has 0 aliphatic heterocycles. The molecule has 0 heterocycles. The van der Waals surface area contributed by atoms with Crippen LogP contribution in [0.4, 0.5) is 0 Å². The third-order valence-corrected chi connectivity index (χ3v) is 2.67. The minimum Gasteiger partial charge on any atom is -0.445 e. The molecule has 4 nitrogen and oxygen atoms in total. The van der Waals surface area contributed by atoms with Crippen molar-refractivity contribution in [2.75, 3.05) is 0 Å². The molecule has 2 unspecified atom stereocenters. The van der Waals surface area contributed by atoms with Crippen LogP contribution in [0.3, 0.4) is 0 Å². The van der Waals surface area contributed by atoms with E-state index in [4.69, 9.17) is 10.5 Å². The fraction of sp³-hybridized carbons (Fsp3) is 0.385. The van der Waals surface area contributed by atoms with Crippen molar-refractivity contribution in [2.45, 2.75) is 32.4 Å². The smallest absolute Gasteiger partial charge is 0.304 e. The molecule has 0 spiro atoms. The molecule has 0 saturated heterocycles. The first-order valence-electron chi connectivity index (χ1n) is 5.43. The molecule has 1 rings (SSSR count). The van der Waals surface area contributed by atoms with Gasteiger partial charge in [-0.1, -0.05) is 30.3 Å². The van der Waals surface area contributed by atoms with Crippen LogP contribution in [0.5, 0.6) is 0 Å². The summed E-state index contributed by atoms with van der Waals surface area (Å²) in [7, 11) is 0. The second-order valence-corrected chi connectivity index (χ2v) is 4.04. The number of Topliss-reactive ketones (excluding diaryl/α,β-unsaturated/α-hetero) is 1. The van der Waals surface area contributed by atoms with E-state index in [0.717, 1.165) is 0 Å². The van der Waals surface area contributed by atoms with Crippen LogP contribution in [-0.2, 0) is 19.9 Å². The first-order chi connectivity index (χ1) is 7.91. The molecule has 2 N–H and O–H groups in total. The number of hydrogen-bond donors (Lipinski definition) is 1. The van der Waals surface area contributed by atoms with Crippen molar-refractivity contribution < 1.29 is 14.3 Å². The van der Waals surface area contributed by atoms with Gasteiger partial charge in [0.25, 0.3) is 0 Å². The van der Waals surface area contributed by atoms with Gasteiger partial charge >= 0.3 is 5.97 Å². The highest BCUT2D eigenvalue weighted by molar-refractivity contribution is 5.89. The highest BCUT2D eigenvalue weighted by atomic mass is 16.6. The maximum atomic E-state index is 11.9. The second kappa shape index (κ2) is 5.10. The van der Waals surface area contributed by atoms with Gasteiger partial charge in [0.1, 0.15) is 0 Å². The molecule has 1 aromatic carbocycles. The van der Waals surface area contributed by atoms with Crippen LogP contribution in [0.15, 0.2) is 30.3 Å². The molecule has 1 aromatic rings. The van der Waals surface area contributed by atoms with Crippen molar-refractivity contribution in [2.24, 2.45) is 5.73 Å². The van der Waals surface area contributed by atoms with E-state index in [2.05, 4.69) is 0 Å². The van der Waals surface area contributed by atoms with Crippen LogP contribution in [0.2, 0.25) is 0 Å². The van der Waals surface area contributed by atoms with Gasteiger partial charge in [-0.2, -0.15) is 0 Å². The van der Waals surface area contributed by atoms with Crippen LogP contribution >= 0.6 is 0 Å². The Hall–Kier alpha value is -1.68. The quantitative estimate of drug-likeness (QED) is 0.800. The predicted molar refractivity (Wildman–Crippen MR) is 64.2 cm³/mol. The van der Waals surface area contributed by atoms with Gasteiger partial charge in [-0.15, -0.1) is 0 Å². The van der Waals surface area contributed by atoms with Crippen LogP contribution in [-0.4, -0.2) is 17.8 Å². The van der Waals surface area contributed by atoms with E-state index in [9.17, 15) is 9.59 Å². The molecule has 0 fully saturated rings. The number of ketones is 1. The van der Waals surface area contributed by atoms with E-state index in [1.807, 2.05) is 6.07 Å². The Kier molecular flexibility index (Phi) is 4.02. The topological polar surface area (TPSA) is 69.4 Å². The number of ether oxygens (including phenoxy) is 1.